The van der Waals surface area contributed by atoms with Gasteiger partial charge in [-0.05, 0) is 55.5 Å². The summed E-state index contributed by atoms with van der Waals surface area (Å²) in [7, 11) is 0. The minimum atomic E-state index is 0.00844. The number of benzene rings is 3. The molecule has 6 heteroatoms. The maximum atomic E-state index is 13.3. The summed E-state index contributed by atoms with van der Waals surface area (Å²) in [5.41, 5.74) is 3.02. The van der Waals surface area contributed by atoms with Crippen LogP contribution in [0.25, 0.3) is 0 Å². The van der Waals surface area contributed by atoms with E-state index in [0.717, 1.165) is 28.6 Å². The maximum absolute atomic E-state index is 13.3. The van der Waals surface area contributed by atoms with Gasteiger partial charge in [0.25, 0.3) is 5.91 Å². The van der Waals surface area contributed by atoms with Gasteiger partial charge >= 0.3 is 0 Å². The van der Waals surface area contributed by atoms with E-state index < -0.39 is 0 Å². The molecule has 0 spiro atoms. The molecule has 1 saturated heterocycles. The van der Waals surface area contributed by atoms with Crippen LogP contribution in [0, 0.1) is 11.3 Å². The largest absolute Gasteiger partial charge is 0.368 e. The van der Waals surface area contributed by atoms with Crippen molar-refractivity contribution in [2.45, 2.75) is 16.7 Å². The van der Waals surface area contributed by atoms with Gasteiger partial charge in [-0.3, -0.25) is 9.59 Å². The van der Waals surface area contributed by atoms with Crippen LogP contribution in [0.2, 0.25) is 0 Å². The molecular weight excluding hydrogens is 418 g/mol. The number of hydrogen-bond acceptors (Lipinski definition) is 5. The second-order valence-electron chi connectivity index (χ2n) is 7.59. The summed E-state index contributed by atoms with van der Waals surface area (Å²) in [6, 6.07) is 24.8. The Hall–Kier alpha value is -3.56. The quantitative estimate of drug-likeness (QED) is 0.528. The SMILES string of the molecule is CC(=O)c1ccc(N2CCN(C(=O)c3ccccc3Sc3ccccc3C#N)CC2)cc1. The van der Waals surface area contributed by atoms with Crippen molar-refractivity contribution < 1.29 is 9.59 Å². The smallest absolute Gasteiger partial charge is 0.255 e. The Kier molecular flexibility index (Phi) is 6.58. The number of Topliss-reactive ketones (excluding diaryl/α,β-unsaturated/α-hetero) is 1. The zero-order chi connectivity index (χ0) is 22.5. The third kappa shape index (κ3) is 4.68. The Bertz CT molecular complexity index is 1180. The number of piperazine rings is 1. The first-order valence-corrected chi connectivity index (χ1v) is 11.3. The summed E-state index contributed by atoms with van der Waals surface area (Å²) < 4.78 is 0. The van der Waals surface area contributed by atoms with Gasteiger partial charge in [0.1, 0.15) is 6.07 Å². The first-order chi connectivity index (χ1) is 15.6. The topological polar surface area (TPSA) is 64.4 Å². The first kappa shape index (κ1) is 21.7. The molecule has 0 aliphatic carbocycles. The average Bonchev–Trinajstić information content (AvgIpc) is 2.84. The highest BCUT2D eigenvalue weighted by atomic mass is 32.2. The number of carbonyl (C=O) groups is 2. The van der Waals surface area contributed by atoms with Crippen molar-refractivity contribution >= 4 is 29.1 Å². The molecule has 160 valence electrons. The number of amides is 1. The van der Waals surface area contributed by atoms with Gasteiger partial charge in [0.15, 0.2) is 5.78 Å². The maximum Gasteiger partial charge on any atom is 0.255 e. The van der Waals surface area contributed by atoms with Crippen LogP contribution in [0.15, 0.2) is 82.6 Å². The van der Waals surface area contributed by atoms with Gasteiger partial charge in [-0.1, -0.05) is 36.0 Å². The van der Waals surface area contributed by atoms with E-state index in [9.17, 15) is 14.9 Å². The zero-order valence-electron chi connectivity index (χ0n) is 17.8. The van der Waals surface area contributed by atoms with Crippen LogP contribution < -0.4 is 4.90 Å². The molecule has 0 N–H and O–H groups in total. The van der Waals surface area contributed by atoms with Crippen LogP contribution in [-0.2, 0) is 0 Å². The number of nitriles is 1. The summed E-state index contributed by atoms with van der Waals surface area (Å²) in [4.78, 5) is 30.6. The highest BCUT2D eigenvalue weighted by Gasteiger charge is 2.24. The third-order valence-corrected chi connectivity index (χ3v) is 6.70. The van der Waals surface area contributed by atoms with Gasteiger partial charge in [0.2, 0.25) is 0 Å². The Morgan fingerprint density at radius 1 is 0.844 bits per heavy atom. The Morgan fingerprint density at radius 3 is 2.12 bits per heavy atom. The molecule has 1 aliphatic heterocycles. The van der Waals surface area contributed by atoms with Crippen molar-refractivity contribution in [3.05, 3.63) is 89.5 Å². The number of nitrogens with zero attached hydrogens (tertiary/aromatic N) is 3. The van der Waals surface area contributed by atoms with Crippen molar-refractivity contribution in [3.63, 3.8) is 0 Å². The molecule has 1 heterocycles. The van der Waals surface area contributed by atoms with Crippen LogP contribution in [0.5, 0.6) is 0 Å². The number of anilines is 1. The summed E-state index contributed by atoms with van der Waals surface area (Å²) in [5.74, 6) is 0.0648. The van der Waals surface area contributed by atoms with E-state index in [1.54, 1.807) is 13.0 Å². The molecule has 0 radical (unpaired) electrons. The predicted octanol–water partition coefficient (Wildman–Crippen LogP) is 4.87. The summed E-state index contributed by atoms with van der Waals surface area (Å²) in [6.45, 7) is 4.28. The van der Waals surface area contributed by atoms with Gasteiger partial charge in [-0.2, -0.15) is 5.26 Å². The number of carbonyl (C=O) groups excluding carboxylic acids is 2. The molecular formula is C26H23N3O2S. The van der Waals surface area contributed by atoms with Crippen molar-refractivity contribution in [1.82, 2.24) is 4.90 Å². The second kappa shape index (κ2) is 9.71. The third-order valence-electron chi connectivity index (χ3n) is 5.55. The molecule has 1 fully saturated rings. The van der Waals surface area contributed by atoms with E-state index in [4.69, 9.17) is 0 Å². The van der Waals surface area contributed by atoms with E-state index in [-0.39, 0.29) is 11.7 Å². The zero-order valence-corrected chi connectivity index (χ0v) is 18.6. The molecule has 0 aromatic heterocycles. The average molecular weight is 442 g/mol. The Morgan fingerprint density at radius 2 is 1.47 bits per heavy atom. The molecule has 4 rings (SSSR count). The molecule has 1 amide bonds. The monoisotopic (exact) mass is 441 g/mol. The van der Waals surface area contributed by atoms with Gasteiger partial charge in [-0.15, -0.1) is 0 Å². The number of ketones is 1. The Balaban J connectivity index is 1.46. The van der Waals surface area contributed by atoms with Crippen LogP contribution in [-0.4, -0.2) is 42.8 Å². The van der Waals surface area contributed by atoms with E-state index in [2.05, 4.69) is 11.0 Å². The molecule has 3 aromatic rings. The highest BCUT2D eigenvalue weighted by molar-refractivity contribution is 7.99. The summed E-state index contributed by atoms with van der Waals surface area (Å²) in [6.07, 6.45) is 0. The molecule has 0 saturated carbocycles. The fraction of sp³-hybridized carbons (Fsp3) is 0.192. The summed E-state index contributed by atoms with van der Waals surface area (Å²) >= 11 is 1.45. The lowest BCUT2D eigenvalue weighted by atomic mass is 10.1. The lowest BCUT2D eigenvalue weighted by Gasteiger charge is -2.36. The van der Waals surface area contributed by atoms with Gasteiger partial charge in [0, 0.05) is 47.2 Å². The lowest BCUT2D eigenvalue weighted by Crippen LogP contribution is -2.48. The fourth-order valence-corrected chi connectivity index (χ4v) is 4.76. The van der Waals surface area contributed by atoms with Crippen molar-refractivity contribution in [1.29, 1.82) is 5.26 Å². The second-order valence-corrected chi connectivity index (χ2v) is 8.67. The standard InChI is InChI=1S/C26H23N3O2S/c1-19(30)20-10-12-22(13-11-20)28-14-16-29(17-15-28)26(31)23-7-3-5-9-25(23)32-24-8-4-2-6-21(24)18-27/h2-13H,14-17H2,1H3. The fourth-order valence-electron chi connectivity index (χ4n) is 3.74. The molecule has 0 unspecified atom stereocenters. The van der Waals surface area contributed by atoms with Gasteiger partial charge < -0.3 is 9.80 Å². The molecule has 3 aromatic carbocycles. The van der Waals surface area contributed by atoms with Gasteiger partial charge in [-0.25, -0.2) is 0 Å². The van der Waals surface area contributed by atoms with Gasteiger partial charge in [0.05, 0.1) is 11.1 Å². The predicted molar refractivity (Wildman–Crippen MR) is 126 cm³/mol. The van der Waals surface area contributed by atoms with Crippen LogP contribution >= 0.6 is 11.8 Å². The van der Waals surface area contributed by atoms with Crippen molar-refractivity contribution in [3.8, 4) is 6.07 Å². The van der Waals surface area contributed by atoms with Crippen LogP contribution in [0.4, 0.5) is 5.69 Å². The number of rotatable bonds is 5. The first-order valence-electron chi connectivity index (χ1n) is 10.5. The van der Waals surface area contributed by atoms with E-state index in [0.29, 0.717) is 29.8 Å². The van der Waals surface area contributed by atoms with E-state index >= 15 is 0 Å². The normalized spacial score (nSPS) is 13.5. The van der Waals surface area contributed by atoms with E-state index in [1.807, 2.05) is 71.6 Å². The Labute approximate surface area is 192 Å². The lowest BCUT2D eigenvalue weighted by molar-refractivity contribution is 0.0743. The summed E-state index contributed by atoms with van der Waals surface area (Å²) in [5, 5.41) is 9.38. The molecule has 5 nitrogen and oxygen atoms in total. The highest BCUT2D eigenvalue weighted by Crippen LogP contribution is 2.33. The molecule has 1 aliphatic rings. The minimum absolute atomic E-state index is 0.00844. The van der Waals surface area contributed by atoms with Crippen molar-refractivity contribution in [2.75, 3.05) is 31.1 Å². The minimum Gasteiger partial charge on any atom is -0.368 e. The molecule has 0 atom stereocenters. The number of hydrogen-bond donors (Lipinski definition) is 0. The van der Waals surface area contributed by atoms with Crippen LogP contribution in [0.3, 0.4) is 0 Å². The molecule has 32 heavy (non-hydrogen) atoms. The van der Waals surface area contributed by atoms with Crippen molar-refractivity contribution in [2.24, 2.45) is 0 Å². The van der Waals surface area contributed by atoms with Crippen LogP contribution in [0.1, 0.15) is 33.2 Å². The van der Waals surface area contributed by atoms with E-state index in [1.165, 1.54) is 11.8 Å². The molecule has 0 bridgehead atoms.